The number of hydrogen-bond donors (Lipinski definition) is 0. The van der Waals surface area contributed by atoms with Gasteiger partial charge >= 0.3 is 0 Å². The van der Waals surface area contributed by atoms with Gasteiger partial charge in [0.1, 0.15) is 11.6 Å². The van der Waals surface area contributed by atoms with E-state index in [4.69, 9.17) is 24.9 Å². The Morgan fingerprint density at radius 1 is 0.171 bits per heavy atom. The molecule has 0 fully saturated rings. The van der Waals surface area contributed by atoms with Gasteiger partial charge in [0.05, 0.1) is 89.7 Å². The molecular formula is C73H45N9. The number of aromatic nitrogens is 9. The van der Waals surface area contributed by atoms with Crippen molar-refractivity contribution in [2.75, 3.05) is 0 Å². The Hall–Kier alpha value is -11.3. The predicted molar refractivity (Wildman–Crippen MR) is 335 cm³/mol. The fraction of sp³-hybridized carbons (Fsp3) is 0. The maximum Gasteiger partial charge on any atom is 0.138 e. The highest BCUT2D eigenvalue weighted by atomic mass is 15.1. The first-order chi connectivity index (χ1) is 40.7. The molecule has 382 valence electrons. The van der Waals surface area contributed by atoms with Gasteiger partial charge in [-0.1, -0.05) is 140 Å². The molecule has 82 heavy (non-hydrogen) atoms. The molecule has 17 rings (SSSR count). The molecule has 9 aromatic heterocycles. The van der Waals surface area contributed by atoms with E-state index in [1.807, 2.05) is 66.7 Å². The molecule has 0 N–H and O–H groups in total. The highest BCUT2D eigenvalue weighted by Gasteiger charge is 2.20. The summed E-state index contributed by atoms with van der Waals surface area (Å²) in [6, 6.07) is 95.7. The van der Waals surface area contributed by atoms with E-state index in [1.54, 1.807) is 0 Å². The Bertz CT molecular complexity index is 5000. The highest BCUT2D eigenvalue weighted by Crippen LogP contribution is 2.40. The van der Waals surface area contributed by atoms with Gasteiger partial charge in [0.25, 0.3) is 0 Å². The fourth-order valence-electron chi connectivity index (χ4n) is 12.6. The number of benzene rings is 8. The van der Waals surface area contributed by atoms with Crippen molar-refractivity contribution >= 4 is 87.2 Å². The van der Waals surface area contributed by atoms with Gasteiger partial charge in [-0.15, -0.1) is 0 Å². The Labute approximate surface area is 469 Å². The van der Waals surface area contributed by atoms with Crippen LogP contribution in [0.15, 0.2) is 273 Å². The van der Waals surface area contributed by atoms with Crippen LogP contribution < -0.4 is 0 Å². The van der Waals surface area contributed by atoms with E-state index in [0.29, 0.717) is 0 Å². The molecule has 0 saturated heterocycles. The molecule has 9 nitrogen and oxygen atoms in total. The molecule has 9 heterocycles. The van der Waals surface area contributed by atoms with E-state index in [9.17, 15) is 0 Å². The average molecular weight is 1050 g/mol. The molecule has 17 aromatic rings. The molecule has 9 heteroatoms. The number of para-hydroxylation sites is 6. The van der Waals surface area contributed by atoms with Crippen LogP contribution in [0.25, 0.3) is 156 Å². The smallest absolute Gasteiger partial charge is 0.138 e. The lowest BCUT2D eigenvalue weighted by Crippen LogP contribution is -2.00. The molecule has 0 spiro atoms. The number of fused-ring (bicyclic) bond motifs is 12. The minimum atomic E-state index is 0.733. The Morgan fingerprint density at radius 3 is 0.707 bits per heavy atom. The third-order valence-corrected chi connectivity index (χ3v) is 16.2. The third kappa shape index (κ3) is 7.10. The van der Waals surface area contributed by atoms with E-state index >= 15 is 0 Å². The summed E-state index contributed by atoms with van der Waals surface area (Å²) in [5.41, 5.74) is 17.2. The summed E-state index contributed by atoms with van der Waals surface area (Å²) >= 11 is 0. The zero-order chi connectivity index (χ0) is 53.8. The Kier molecular flexibility index (Phi) is 10.1. The maximum atomic E-state index is 5.32. The van der Waals surface area contributed by atoms with Crippen LogP contribution in [0.4, 0.5) is 0 Å². The highest BCUT2D eigenvalue weighted by molar-refractivity contribution is 6.14. The topological polar surface area (TPSA) is 84.2 Å². The molecule has 0 atom stereocenters. The number of rotatable bonds is 8. The molecule has 0 radical (unpaired) electrons. The lowest BCUT2D eigenvalue weighted by Gasteiger charge is -2.11. The molecule has 0 amide bonds. The van der Waals surface area contributed by atoms with Crippen LogP contribution in [0, 0.1) is 0 Å². The normalized spacial score (nSPS) is 11.9. The molecule has 0 aliphatic rings. The fourth-order valence-corrected chi connectivity index (χ4v) is 12.6. The van der Waals surface area contributed by atoms with Gasteiger partial charge in [-0.05, 0) is 133 Å². The molecular weight excluding hydrogens is 1000 g/mol. The summed E-state index contributed by atoms with van der Waals surface area (Å²) in [5, 5.41) is 9.59. The number of nitrogens with zero attached hydrogens (tertiary/aromatic N) is 9. The summed E-state index contributed by atoms with van der Waals surface area (Å²) in [5.74, 6) is 1.62. The zero-order valence-corrected chi connectivity index (χ0v) is 44.0. The molecule has 0 saturated carbocycles. The Morgan fingerprint density at radius 2 is 0.402 bits per heavy atom. The van der Waals surface area contributed by atoms with Crippen molar-refractivity contribution < 1.29 is 0 Å². The second-order valence-electron chi connectivity index (χ2n) is 20.8. The summed E-state index contributed by atoms with van der Waals surface area (Å²) in [7, 11) is 0. The van der Waals surface area contributed by atoms with Gasteiger partial charge in [0, 0.05) is 54.5 Å². The van der Waals surface area contributed by atoms with Crippen molar-refractivity contribution in [2.45, 2.75) is 0 Å². The summed E-state index contributed by atoms with van der Waals surface area (Å²) in [6.07, 6.45) is 0. The standard InChI is InChI=1S/C73H45N9/c1-7-32-64-48(18-1)49-19-2-8-33-65(49)79(64)46-40-42-70-54(44-46)52-22-5-11-36-68(52)81(70)72-38-16-30-62(77-72)60-28-14-26-58(75-60)56-24-13-25-57(74-56)59-27-15-29-61(76-59)63-31-17-39-73(78-63)82-69-37-12-6-23-53(69)55-45-47(41-43-71(55)82)80-66-34-9-3-20-50(66)51-21-4-10-35-67(51)80/h1-45H. The van der Waals surface area contributed by atoms with Crippen LogP contribution in [-0.2, 0) is 0 Å². The second-order valence-corrected chi connectivity index (χ2v) is 20.8. The van der Waals surface area contributed by atoms with E-state index in [-0.39, 0.29) is 0 Å². The predicted octanol–water partition coefficient (Wildman–Crippen LogP) is 17.7. The quantitative estimate of drug-likeness (QED) is 0.151. The Balaban J connectivity index is 0.689. The van der Waals surface area contributed by atoms with E-state index in [0.717, 1.165) is 112 Å². The first-order valence-corrected chi connectivity index (χ1v) is 27.6. The van der Waals surface area contributed by atoms with Crippen LogP contribution in [0.3, 0.4) is 0 Å². The lowest BCUT2D eigenvalue weighted by atomic mass is 10.1. The van der Waals surface area contributed by atoms with Crippen LogP contribution in [0.2, 0.25) is 0 Å². The molecule has 0 aliphatic carbocycles. The van der Waals surface area contributed by atoms with Gasteiger partial charge in [-0.2, -0.15) is 0 Å². The number of hydrogen-bond acceptors (Lipinski definition) is 5. The van der Waals surface area contributed by atoms with Crippen LogP contribution in [-0.4, -0.2) is 43.2 Å². The van der Waals surface area contributed by atoms with Crippen molar-refractivity contribution in [1.29, 1.82) is 0 Å². The van der Waals surface area contributed by atoms with Gasteiger partial charge in [0.15, 0.2) is 0 Å². The molecule has 0 aliphatic heterocycles. The van der Waals surface area contributed by atoms with Gasteiger partial charge in [-0.25, -0.2) is 24.9 Å². The van der Waals surface area contributed by atoms with Crippen LogP contribution in [0.5, 0.6) is 0 Å². The minimum absolute atomic E-state index is 0.733. The molecule has 0 bridgehead atoms. The van der Waals surface area contributed by atoms with Crippen LogP contribution >= 0.6 is 0 Å². The van der Waals surface area contributed by atoms with Gasteiger partial charge in [0.2, 0.25) is 0 Å². The average Bonchev–Trinajstić information content (AvgIpc) is 3.50. The summed E-state index contributed by atoms with van der Waals surface area (Å²) in [6.45, 7) is 0. The SMILES string of the molecule is c1cc(-c2cccc(-c3cccc(-n4c5ccccc5c5cc(-n6c7ccccc7c7ccccc76)ccc54)n3)n2)nc(-c2cccc(-c3cccc(-n4c5ccccc5c5cc(-n6c7ccccc7c7ccccc76)ccc54)n3)n2)c1. The minimum Gasteiger partial charge on any atom is -0.309 e. The van der Waals surface area contributed by atoms with Crippen molar-refractivity contribution in [1.82, 2.24) is 43.2 Å². The molecule has 8 aromatic carbocycles. The summed E-state index contributed by atoms with van der Waals surface area (Å²) < 4.78 is 9.28. The van der Waals surface area contributed by atoms with Gasteiger partial charge < -0.3 is 9.13 Å². The zero-order valence-electron chi connectivity index (χ0n) is 44.0. The summed E-state index contributed by atoms with van der Waals surface area (Å²) in [4.78, 5) is 26.2. The second kappa shape index (κ2) is 18.1. The lowest BCUT2D eigenvalue weighted by molar-refractivity contribution is 1.07. The van der Waals surface area contributed by atoms with Crippen LogP contribution in [0.1, 0.15) is 0 Å². The first kappa shape index (κ1) is 45.7. The number of pyridine rings is 5. The maximum absolute atomic E-state index is 5.32. The van der Waals surface area contributed by atoms with E-state index < -0.39 is 0 Å². The van der Waals surface area contributed by atoms with Crippen molar-refractivity contribution in [3.63, 3.8) is 0 Å². The monoisotopic (exact) mass is 1050 g/mol. The third-order valence-electron chi connectivity index (χ3n) is 16.2. The van der Waals surface area contributed by atoms with Gasteiger partial charge in [-0.3, -0.25) is 9.13 Å². The largest absolute Gasteiger partial charge is 0.309 e. The first-order valence-electron chi connectivity index (χ1n) is 27.6. The van der Waals surface area contributed by atoms with Crippen molar-refractivity contribution in [3.8, 4) is 68.6 Å². The molecule has 0 unspecified atom stereocenters. The van der Waals surface area contributed by atoms with E-state index in [1.165, 1.54) is 43.6 Å². The van der Waals surface area contributed by atoms with Crippen molar-refractivity contribution in [3.05, 3.63) is 273 Å². The van der Waals surface area contributed by atoms with Crippen molar-refractivity contribution in [2.24, 2.45) is 0 Å². The van der Waals surface area contributed by atoms with E-state index in [2.05, 4.69) is 225 Å².